The van der Waals surface area contributed by atoms with Crippen LogP contribution in [-0.2, 0) is 14.4 Å². The van der Waals surface area contributed by atoms with Crippen molar-refractivity contribution in [2.45, 2.75) is 25.4 Å². The number of phenolic OH excluding ortho intramolecular Hbond substituents is 1. The predicted octanol–water partition coefficient (Wildman–Crippen LogP) is 1.12. The molecule has 0 aromatic heterocycles. The minimum atomic E-state index is -0.885. The van der Waals surface area contributed by atoms with Gasteiger partial charge in [-0.1, -0.05) is 0 Å². The minimum absolute atomic E-state index is 0.0870. The Balaban J connectivity index is 2.34. The van der Waals surface area contributed by atoms with Crippen molar-refractivity contribution in [2.24, 2.45) is 0 Å². The molecule has 0 amide bonds. The summed E-state index contributed by atoms with van der Waals surface area (Å²) in [5.41, 5.74) is 0.219. The third kappa shape index (κ3) is 8.37. The lowest BCUT2D eigenvalue weighted by atomic mass is 10.1. The second-order valence-corrected chi connectivity index (χ2v) is 5.05. The van der Waals surface area contributed by atoms with Gasteiger partial charge in [0.05, 0.1) is 30.1 Å². The average molecular weight is 378 g/mol. The number of methoxy groups -OCH3 is 1. The average Bonchev–Trinajstić information content (AvgIpc) is 2.58. The van der Waals surface area contributed by atoms with Crippen LogP contribution in [0, 0.1) is 0 Å². The van der Waals surface area contributed by atoms with E-state index >= 15 is 0 Å². The van der Waals surface area contributed by atoms with Crippen LogP contribution in [0.3, 0.4) is 0 Å². The van der Waals surface area contributed by atoms with Crippen LogP contribution in [0.5, 0.6) is 11.5 Å². The first-order valence-corrected chi connectivity index (χ1v) is 7.53. The molecular formula is C14H22N2O10. The predicted molar refractivity (Wildman–Crippen MR) is 80.4 cm³/mol. The van der Waals surface area contributed by atoms with Gasteiger partial charge in [0.25, 0.3) is 0 Å². The molecule has 12 nitrogen and oxygen atoms in total. The highest BCUT2D eigenvalue weighted by atomic mass is 17.1. The lowest BCUT2D eigenvalue weighted by molar-refractivity contribution is -0.527. The van der Waals surface area contributed by atoms with Crippen molar-refractivity contribution in [3.8, 4) is 11.5 Å². The molecule has 0 aliphatic heterocycles. The van der Waals surface area contributed by atoms with Crippen LogP contribution in [0.15, 0.2) is 18.2 Å². The van der Waals surface area contributed by atoms with Gasteiger partial charge in [0.2, 0.25) is 0 Å². The SMILES string of the molecule is COc1cc(C(=O)OCCCCC(CON(O)O)ON(O)O)ccc1O. The van der Waals surface area contributed by atoms with Crippen molar-refractivity contribution in [1.82, 2.24) is 10.8 Å². The molecule has 0 radical (unpaired) electrons. The topological polar surface area (TPSA) is 162 Å². The summed E-state index contributed by atoms with van der Waals surface area (Å²) >= 11 is 0. The maximum absolute atomic E-state index is 11.9. The van der Waals surface area contributed by atoms with Gasteiger partial charge in [0.15, 0.2) is 11.5 Å². The number of hydrogen-bond acceptors (Lipinski definition) is 12. The van der Waals surface area contributed by atoms with Crippen LogP contribution in [0.2, 0.25) is 0 Å². The summed E-state index contributed by atoms with van der Waals surface area (Å²) in [6, 6.07) is 4.07. The van der Waals surface area contributed by atoms with Gasteiger partial charge in [0, 0.05) is 0 Å². The first-order chi connectivity index (χ1) is 12.3. The molecule has 0 aliphatic carbocycles. The Hall–Kier alpha value is -2.03. The monoisotopic (exact) mass is 378 g/mol. The molecule has 0 heterocycles. The highest BCUT2D eigenvalue weighted by Crippen LogP contribution is 2.26. The molecular weight excluding hydrogens is 356 g/mol. The third-order valence-corrected chi connectivity index (χ3v) is 3.19. The second kappa shape index (κ2) is 11.6. The quantitative estimate of drug-likeness (QED) is 0.200. The largest absolute Gasteiger partial charge is 0.504 e. The van der Waals surface area contributed by atoms with Gasteiger partial charge in [0.1, 0.15) is 12.7 Å². The van der Waals surface area contributed by atoms with Gasteiger partial charge in [-0.15, -0.1) is 0 Å². The first-order valence-electron chi connectivity index (χ1n) is 7.53. The van der Waals surface area contributed by atoms with E-state index in [2.05, 4.69) is 9.68 Å². The molecule has 12 heteroatoms. The number of unbranched alkanes of at least 4 members (excludes halogenated alkanes) is 1. The van der Waals surface area contributed by atoms with Crippen LogP contribution in [0.4, 0.5) is 0 Å². The first kappa shape index (κ1) is 22.0. The van der Waals surface area contributed by atoms with E-state index in [0.717, 1.165) is 0 Å². The Labute approximate surface area is 148 Å². The van der Waals surface area contributed by atoms with Crippen LogP contribution in [0.25, 0.3) is 0 Å². The summed E-state index contributed by atoms with van der Waals surface area (Å²) in [6.07, 6.45) is 0.240. The lowest BCUT2D eigenvalue weighted by Gasteiger charge is -2.18. The molecule has 26 heavy (non-hydrogen) atoms. The Kier molecular flexibility index (Phi) is 9.79. The number of nitrogens with zero attached hydrogens (tertiary/aromatic N) is 2. The van der Waals surface area contributed by atoms with Crippen molar-refractivity contribution in [2.75, 3.05) is 20.3 Å². The zero-order valence-corrected chi connectivity index (χ0v) is 14.0. The van der Waals surface area contributed by atoms with E-state index in [1.54, 1.807) is 0 Å². The van der Waals surface area contributed by atoms with E-state index in [4.69, 9.17) is 30.3 Å². The molecule has 0 saturated carbocycles. The van der Waals surface area contributed by atoms with Gasteiger partial charge >= 0.3 is 5.97 Å². The van der Waals surface area contributed by atoms with Gasteiger partial charge in [-0.2, -0.15) is 0 Å². The fourth-order valence-electron chi connectivity index (χ4n) is 1.98. The molecule has 0 spiro atoms. The molecule has 0 bridgehead atoms. The van der Waals surface area contributed by atoms with E-state index in [-0.39, 0.29) is 36.7 Å². The summed E-state index contributed by atoms with van der Waals surface area (Å²) in [4.78, 5) is 20.8. The second-order valence-electron chi connectivity index (χ2n) is 5.05. The molecule has 0 saturated heterocycles. The highest BCUT2D eigenvalue weighted by Gasteiger charge is 2.15. The number of carbonyl (C=O) groups excluding carboxylic acids is 1. The van der Waals surface area contributed by atoms with Crippen LogP contribution in [0.1, 0.15) is 29.6 Å². The van der Waals surface area contributed by atoms with Crippen LogP contribution < -0.4 is 4.74 Å². The number of carbonyl (C=O) groups is 1. The summed E-state index contributed by atoms with van der Waals surface area (Å²) < 4.78 is 9.99. The normalized spacial score (nSPS) is 12.4. The van der Waals surface area contributed by atoms with E-state index in [1.165, 1.54) is 25.3 Å². The Morgan fingerprint density at radius 3 is 2.50 bits per heavy atom. The van der Waals surface area contributed by atoms with Crippen molar-refractivity contribution < 1.29 is 49.9 Å². The molecule has 1 unspecified atom stereocenters. The number of esters is 1. The Bertz CT molecular complexity index is 555. The molecule has 5 N–H and O–H groups in total. The van der Waals surface area contributed by atoms with Crippen molar-refractivity contribution in [3.05, 3.63) is 23.8 Å². The van der Waals surface area contributed by atoms with Crippen LogP contribution in [-0.4, -0.2) is 69.1 Å². The van der Waals surface area contributed by atoms with E-state index < -0.39 is 22.9 Å². The molecule has 148 valence electrons. The Morgan fingerprint density at radius 2 is 1.88 bits per heavy atom. The Morgan fingerprint density at radius 1 is 1.15 bits per heavy atom. The summed E-state index contributed by atoms with van der Waals surface area (Å²) in [7, 11) is 1.36. The number of benzene rings is 1. The van der Waals surface area contributed by atoms with E-state index in [0.29, 0.717) is 12.8 Å². The zero-order valence-electron chi connectivity index (χ0n) is 14.0. The molecule has 0 fully saturated rings. The number of aromatic hydroxyl groups is 1. The van der Waals surface area contributed by atoms with Gasteiger partial charge in [-0.25, -0.2) is 14.5 Å². The minimum Gasteiger partial charge on any atom is -0.504 e. The summed E-state index contributed by atoms with van der Waals surface area (Å²) in [5, 5.41) is 42.6. The molecule has 1 atom stereocenters. The lowest BCUT2D eigenvalue weighted by Crippen LogP contribution is -2.31. The smallest absolute Gasteiger partial charge is 0.338 e. The van der Waals surface area contributed by atoms with Crippen molar-refractivity contribution in [3.63, 3.8) is 0 Å². The molecule has 1 aromatic carbocycles. The standard InChI is InChI=1S/C14H22N2O10/c1-23-13-8-10(5-6-12(13)17)14(18)24-7-3-2-4-11(26-16(21)22)9-25-15(19)20/h5-6,8,11,17,19-22H,2-4,7,9H2,1H3. The van der Waals surface area contributed by atoms with Gasteiger partial charge in [-0.3, -0.25) is 20.8 Å². The number of phenols is 1. The molecule has 1 rings (SSSR count). The number of rotatable bonds is 12. The van der Waals surface area contributed by atoms with Crippen molar-refractivity contribution >= 4 is 5.97 Å². The maximum atomic E-state index is 11.9. The van der Waals surface area contributed by atoms with Crippen molar-refractivity contribution in [1.29, 1.82) is 0 Å². The summed E-state index contributed by atoms with van der Waals surface area (Å²) in [6.45, 7) is -0.276. The van der Waals surface area contributed by atoms with Gasteiger partial charge in [-0.05, 0) is 37.5 Å². The molecule has 1 aromatic rings. The third-order valence-electron chi connectivity index (χ3n) is 3.19. The number of ether oxygens (including phenoxy) is 2. The zero-order chi connectivity index (χ0) is 19.5. The van der Waals surface area contributed by atoms with E-state index in [9.17, 15) is 9.90 Å². The van der Waals surface area contributed by atoms with E-state index in [1.807, 2.05) is 0 Å². The summed E-state index contributed by atoms with van der Waals surface area (Å²) in [5.74, 6) is -0.533. The van der Waals surface area contributed by atoms with Crippen LogP contribution >= 0.6 is 0 Å². The highest BCUT2D eigenvalue weighted by molar-refractivity contribution is 5.90. The fourth-order valence-corrected chi connectivity index (χ4v) is 1.98. The number of hydrogen-bond donors (Lipinski definition) is 5. The maximum Gasteiger partial charge on any atom is 0.338 e. The van der Waals surface area contributed by atoms with Gasteiger partial charge < -0.3 is 14.6 Å². The fraction of sp³-hybridized carbons (Fsp3) is 0.500. The molecule has 0 aliphatic rings.